The molecule has 5 nitrogen and oxygen atoms in total. The first-order valence-corrected chi connectivity index (χ1v) is 19.3. The Kier molecular flexibility index (Phi) is 7.70. The van der Waals surface area contributed by atoms with Crippen molar-refractivity contribution in [3.63, 3.8) is 0 Å². The van der Waals surface area contributed by atoms with Crippen molar-refractivity contribution >= 4 is 5.69 Å². The molecule has 1 spiro atoms. The molecule has 5 heteroatoms. The minimum Gasteiger partial charge on any atom is -0.457 e. The lowest BCUT2D eigenvalue weighted by Crippen LogP contribution is -2.32. The highest BCUT2D eigenvalue weighted by Crippen LogP contribution is 2.62. The molecule has 0 amide bonds. The number of ether oxygens (including phenoxy) is 1. The van der Waals surface area contributed by atoms with E-state index in [4.69, 9.17) is 26.3 Å². The minimum absolute atomic E-state index is 0.611. The molecule has 2 aliphatic rings. The summed E-state index contributed by atoms with van der Waals surface area (Å²) in [4.78, 5) is 18.8. The Labute approximate surface area is 336 Å². The Bertz CT molecular complexity index is 3020. The number of hydrogen-bond acceptors (Lipinski definition) is 4. The second-order valence-electron chi connectivity index (χ2n) is 14.6. The fourth-order valence-corrected chi connectivity index (χ4v) is 8.74. The molecule has 1 unspecified atom stereocenters. The van der Waals surface area contributed by atoms with E-state index in [0.717, 1.165) is 67.1 Å². The van der Waals surface area contributed by atoms with Crippen LogP contribution in [0.4, 0.5) is 5.69 Å². The molecular weight excluding hydrogens is 709 g/mol. The summed E-state index contributed by atoms with van der Waals surface area (Å²) < 4.78 is 6.77. The molecule has 1 aliphatic carbocycles. The summed E-state index contributed by atoms with van der Waals surface area (Å²) in [6.07, 6.45) is 0. The summed E-state index contributed by atoms with van der Waals surface area (Å²) in [6.45, 7) is 7.32. The summed E-state index contributed by atoms with van der Waals surface area (Å²) in [7, 11) is 0. The van der Waals surface area contributed by atoms with Crippen LogP contribution in [0, 0.1) is 6.57 Å². The molecule has 11 rings (SSSR count). The average Bonchev–Trinajstić information content (AvgIpc) is 3.59. The van der Waals surface area contributed by atoms with Crippen LogP contribution in [0.3, 0.4) is 0 Å². The molecule has 0 bridgehead atoms. The van der Waals surface area contributed by atoms with Gasteiger partial charge in [0.2, 0.25) is 0 Å². The van der Waals surface area contributed by atoms with Crippen molar-refractivity contribution in [3.05, 3.63) is 228 Å². The molecule has 0 radical (unpaired) electrons. The van der Waals surface area contributed by atoms with Crippen LogP contribution >= 0.6 is 0 Å². The summed E-state index contributed by atoms with van der Waals surface area (Å²) in [6, 6.07) is 67.1. The van der Waals surface area contributed by atoms with Gasteiger partial charge in [-0.25, -0.2) is 19.8 Å². The van der Waals surface area contributed by atoms with E-state index in [1.54, 1.807) is 0 Å². The van der Waals surface area contributed by atoms with Gasteiger partial charge in [0.1, 0.15) is 11.5 Å². The van der Waals surface area contributed by atoms with Crippen LogP contribution in [-0.2, 0) is 5.41 Å². The van der Waals surface area contributed by atoms with Crippen molar-refractivity contribution in [2.24, 2.45) is 0 Å². The van der Waals surface area contributed by atoms with E-state index in [9.17, 15) is 0 Å². The molecule has 8 aromatic carbocycles. The van der Waals surface area contributed by atoms with Crippen molar-refractivity contribution in [1.82, 2.24) is 15.0 Å². The molecule has 2 heterocycles. The van der Waals surface area contributed by atoms with Gasteiger partial charge in [0.05, 0.1) is 12.0 Å². The zero-order valence-corrected chi connectivity index (χ0v) is 31.2. The Morgan fingerprint density at radius 3 is 1.48 bits per heavy atom. The number of aromatic nitrogens is 3. The third kappa shape index (κ3) is 5.27. The fourth-order valence-electron chi connectivity index (χ4n) is 8.74. The van der Waals surface area contributed by atoms with Crippen molar-refractivity contribution in [2.45, 2.75) is 5.41 Å². The maximum atomic E-state index is 7.32. The Balaban J connectivity index is 1.11. The smallest absolute Gasteiger partial charge is 0.187 e. The van der Waals surface area contributed by atoms with Crippen LogP contribution in [0.25, 0.3) is 72.4 Å². The highest BCUT2D eigenvalue weighted by atomic mass is 16.5. The molecule has 0 fully saturated rings. The predicted molar refractivity (Wildman–Crippen MR) is 231 cm³/mol. The molecular formula is C53H32N4O. The average molecular weight is 741 g/mol. The Morgan fingerprint density at radius 2 is 0.828 bits per heavy atom. The SMILES string of the molecule is [C-]#[N+]c1ccc(-c2ccc(-c3ccc4c(c3)C3(c5ccccc5O4)c4ccccc4-c4ccc(-c5nc(-c6ccccc6)nc(-c6ccccc6)n5)cc43)cc2)cc1. The van der Waals surface area contributed by atoms with Crippen LogP contribution in [0.1, 0.15) is 22.3 Å². The van der Waals surface area contributed by atoms with E-state index >= 15 is 0 Å². The number of nitrogens with zero attached hydrogens (tertiary/aromatic N) is 4. The van der Waals surface area contributed by atoms with Gasteiger partial charge < -0.3 is 4.74 Å². The van der Waals surface area contributed by atoms with E-state index in [1.807, 2.05) is 91.0 Å². The standard InChI is InChI=1S/C53H32N4O/c1-54-41-28-24-35(25-29-41)34-20-22-36(23-21-34)39-27-31-49-47(32-39)53(45-18-10-11-19-48(45)58-49)44-17-9-8-16-42(44)43-30-26-40(33-46(43)53)52-56-50(37-12-4-2-5-13-37)55-51(57-52)38-14-6-3-7-15-38/h2-33H. The molecule has 0 saturated heterocycles. The Morgan fingerprint density at radius 1 is 0.362 bits per heavy atom. The number of hydrogen-bond donors (Lipinski definition) is 0. The predicted octanol–water partition coefficient (Wildman–Crippen LogP) is 13.2. The third-order valence-electron chi connectivity index (χ3n) is 11.4. The van der Waals surface area contributed by atoms with Gasteiger partial charge in [-0.15, -0.1) is 0 Å². The highest BCUT2D eigenvalue weighted by Gasteiger charge is 2.51. The first-order chi connectivity index (χ1) is 28.7. The number of fused-ring (bicyclic) bond motifs is 9. The minimum atomic E-state index is -0.690. The van der Waals surface area contributed by atoms with Crippen LogP contribution < -0.4 is 4.74 Å². The maximum Gasteiger partial charge on any atom is 0.187 e. The van der Waals surface area contributed by atoms with Crippen LogP contribution in [-0.4, -0.2) is 15.0 Å². The molecule has 9 aromatic rings. The van der Waals surface area contributed by atoms with Crippen molar-refractivity contribution in [1.29, 1.82) is 0 Å². The zero-order valence-electron chi connectivity index (χ0n) is 31.2. The van der Waals surface area contributed by atoms with Gasteiger partial charge in [-0.1, -0.05) is 170 Å². The molecule has 1 aliphatic heterocycles. The van der Waals surface area contributed by atoms with Crippen molar-refractivity contribution < 1.29 is 4.74 Å². The molecule has 1 atom stereocenters. The maximum absolute atomic E-state index is 7.32. The van der Waals surface area contributed by atoms with E-state index in [1.165, 1.54) is 16.7 Å². The van der Waals surface area contributed by atoms with Crippen molar-refractivity contribution in [3.8, 4) is 79.0 Å². The van der Waals surface area contributed by atoms with Gasteiger partial charge in [0.25, 0.3) is 0 Å². The number of rotatable bonds is 5. The quantitative estimate of drug-likeness (QED) is 0.165. The van der Waals surface area contributed by atoms with Gasteiger partial charge >= 0.3 is 0 Å². The lowest BCUT2D eigenvalue weighted by Gasteiger charge is -2.39. The Hall–Kier alpha value is -7.94. The second kappa shape index (κ2) is 13.4. The van der Waals surface area contributed by atoms with Gasteiger partial charge in [-0.05, 0) is 68.8 Å². The van der Waals surface area contributed by atoms with E-state index < -0.39 is 5.41 Å². The molecule has 1 aromatic heterocycles. The normalized spacial score (nSPS) is 14.4. The van der Waals surface area contributed by atoms with Gasteiger partial charge in [0, 0.05) is 27.8 Å². The lowest BCUT2D eigenvalue weighted by molar-refractivity contribution is 0.436. The number of benzene rings is 8. The molecule has 0 N–H and O–H groups in total. The van der Waals surface area contributed by atoms with Crippen molar-refractivity contribution in [2.75, 3.05) is 0 Å². The summed E-state index contributed by atoms with van der Waals surface area (Å²) >= 11 is 0. The zero-order chi connectivity index (χ0) is 38.6. The highest BCUT2D eigenvalue weighted by molar-refractivity contribution is 5.91. The van der Waals surface area contributed by atoms with Gasteiger partial charge in [-0.3, -0.25) is 0 Å². The second-order valence-corrected chi connectivity index (χ2v) is 14.6. The fraction of sp³-hybridized carbons (Fsp3) is 0.0189. The third-order valence-corrected chi connectivity index (χ3v) is 11.4. The van der Waals surface area contributed by atoms with E-state index in [0.29, 0.717) is 23.2 Å². The monoisotopic (exact) mass is 740 g/mol. The molecule has 270 valence electrons. The first-order valence-electron chi connectivity index (χ1n) is 19.3. The largest absolute Gasteiger partial charge is 0.457 e. The van der Waals surface area contributed by atoms with Crippen LogP contribution in [0.2, 0.25) is 0 Å². The van der Waals surface area contributed by atoms with Crippen LogP contribution in [0.5, 0.6) is 11.5 Å². The summed E-state index contributed by atoms with van der Waals surface area (Å²) in [5, 5.41) is 0. The molecule has 58 heavy (non-hydrogen) atoms. The molecule has 0 saturated carbocycles. The van der Waals surface area contributed by atoms with Gasteiger partial charge in [-0.2, -0.15) is 0 Å². The van der Waals surface area contributed by atoms with E-state index in [-0.39, 0.29) is 0 Å². The topological polar surface area (TPSA) is 52.3 Å². The summed E-state index contributed by atoms with van der Waals surface area (Å²) in [5.41, 5.74) is 14.0. The van der Waals surface area contributed by atoms with Crippen LogP contribution in [0.15, 0.2) is 194 Å². The summed E-state index contributed by atoms with van der Waals surface area (Å²) in [5.74, 6) is 3.52. The lowest BCUT2D eigenvalue weighted by atomic mass is 9.65. The van der Waals surface area contributed by atoms with E-state index in [2.05, 4.69) is 108 Å². The first kappa shape index (κ1) is 33.4. The number of para-hydroxylation sites is 1. The van der Waals surface area contributed by atoms with Gasteiger partial charge in [0.15, 0.2) is 23.2 Å².